The number of nitro benzene ring substituents is 1. The van der Waals surface area contributed by atoms with E-state index in [2.05, 4.69) is 31.3 Å². The number of nitro groups is 1. The summed E-state index contributed by atoms with van der Waals surface area (Å²) in [6, 6.07) is 5.36. The van der Waals surface area contributed by atoms with Crippen molar-refractivity contribution < 1.29 is 4.92 Å². The molecule has 110 valence electrons. The molecule has 3 rings (SSSR count). The Morgan fingerprint density at radius 2 is 2.29 bits per heavy atom. The van der Waals surface area contributed by atoms with Crippen molar-refractivity contribution >= 4 is 21.6 Å². The van der Waals surface area contributed by atoms with Gasteiger partial charge in [-0.15, -0.1) is 0 Å². The number of nitrogens with zero attached hydrogens (tertiary/aromatic N) is 4. The van der Waals surface area contributed by atoms with Crippen LogP contribution in [0.15, 0.2) is 29.0 Å². The summed E-state index contributed by atoms with van der Waals surface area (Å²) in [5, 5.41) is 18.4. The third kappa shape index (κ3) is 3.45. The highest BCUT2D eigenvalue weighted by molar-refractivity contribution is 9.10. The van der Waals surface area contributed by atoms with E-state index < -0.39 is 4.92 Å². The van der Waals surface area contributed by atoms with Crippen LogP contribution in [0.25, 0.3) is 0 Å². The first-order valence-electron chi connectivity index (χ1n) is 6.66. The molecule has 0 radical (unpaired) electrons. The Morgan fingerprint density at radius 3 is 2.95 bits per heavy atom. The van der Waals surface area contributed by atoms with Crippen LogP contribution >= 0.6 is 15.9 Å². The van der Waals surface area contributed by atoms with Crippen LogP contribution in [0.2, 0.25) is 0 Å². The first-order chi connectivity index (χ1) is 10.1. The second-order valence-corrected chi connectivity index (χ2v) is 5.88. The maximum atomic E-state index is 10.7. The number of halogens is 1. The second-order valence-electron chi connectivity index (χ2n) is 5.02. The van der Waals surface area contributed by atoms with Crippen molar-refractivity contribution in [1.82, 2.24) is 20.1 Å². The molecule has 0 aliphatic heterocycles. The SMILES string of the molecule is O=[N+]([O-])c1ccc(Cn2ncnc2CNC2CC2)c(Br)c1. The predicted octanol–water partition coefficient (Wildman–Crippen LogP) is 2.25. The molecule has 1 aliphatic carbocycles. The van der Waals surface area contributed by atoms with Crippen LogP contribution in [0.1, 0.15) is 24.2 Å². The molecule has 1 N–H and O–H groups in total. The molecule has 0 spiro atoms. The Morgan fingerprint density at radius 1 is 1.48 bits per heavy atom. The molecule has 0 saturated heterocycles. The van der Waals surface area contributed by atoms with Crippen LogP contribution in [-0.2, 0) is 13.1 Å². The average Bonchev–Trinajstić information content (AvgIpc) is 3.18. The summed E-state index contributed by atoms with van der Waals surface area (Å²) in [5.41, 5.74) is 0.999. The van der Waals surface area contributed by atoms with E-state index in [9.17, 15) is 10.1 Å². The number of nitrogens with one attached hydrogen (secondary N) is 1. The average molecular weight is 352 g/mol. The molecule has 1 aromatic heterocycles. The number of non-ortho nitro benzene ring substituents is 1. The van der Waals surface area contributed by atoms with Gasteiger partial charge in [-0.05, 0) is 24.5 Å². The van der Waals surface area contributed by atoms with E-state index in [-0.39, 0.29) is 5.69 Å². The van der Waals surface area contributed by atoms with Crippen molar-refractivity contribution in [3.05, 3.63) is 50.5 Å². The van der Waals surface area contributed by atoms with Gasteiger partial charge in [0.1, 0.15) is 12.2 Å². The van der Waals surface area contributed by atoms with Crippen molar-refractivity contribution in [2.75, 3.05) is 0 Å². The van der Waals surface area contributed by atoms with Crippen LogP contribution < -0.4 is 5.32 Å². The minimum atomic E-state index is -0.408. The Hall–Kier alpha value is -1.80. The molecule has 1 fully saturated rings. The first kappa shape index (κ1) is 14.2. The molecule has 21 heavy (non-hydrogen) atoms. The van der Waals surface area contributed by atoms with E-state index >= 15 is 0 Å². The topological polar surface area (TPSA) is 85.9 Å². The molecule has 1 heterocycles. The molecular formula is C13H14BrN5O2. The summed E-state index contributed by atoms with van der Waals surface area (Å²) in [6.07, 6.45) is 3.98. The first-order valence-corrected chi connectivity index (χ1v) is 7.45. The largest absolute Gasteiger partial charge is 0.307 e. The Labute approximate surface area is 129 Å². The number of hydrogen-bond donors (Lipinski definition) is 1. The van der Waals surface area contributed by atoms with Gasteiger partial charge in [-0.25, -0.2) is 9.67 Å². The van der Waals surface area contributed by atoms with Gasteiger partial charge in [0.2, 0.25) is 0 Å². The van der Waals surface area contributed by atoms with Crippen LogP contribution in [-0.4, -0.2) is 25.7 Å². The maximum absolute atomic E-state index is 10.7. The zero-order valence-corrected chi connectivity index (χ0v) is 12.8. The fourth-order valence-electron chi connectivity index (χ4n) is 2.02. The molecule has 2 aromatic rings. The Kier molecular flexibility index (Phi) is 3.98. The lowest BCUT2D eigenvalue weighted by Gasteiger charge is -2.08. The fourth-order valence-corrected chi connectivity index (χ4v) is 2.51. The summed E-state index contributed by atoms with van der Waals surface area (Å²) in [7, 11) is 0. The molecule has 1 saturated carbocycles. The Balaban J connectivity index is 1.73. The van der Waals surface area contributed by atoms with Gasteiger partial charge in [0.25, 0.3) is 5.69 Å². The molecule has 0 atom stereocenters. The number of hydrogen-bond acceptors (Lipinski definition) is 5. The highest BCUT2D eigenvalue weighted by Gasteiger charge is 2.21. The van der Waals surface area contributed by atoms with Crippen LogP contribution in [0, 0.1) is 10.1 Å². The highest BCUT2D eigenvalue weighted by Crippen LogP contribution is 2.24. The van der Waals surface area contributed by atoms with Crippen LogP contribution in [0.4, 0.5) is 5.69 Å². The van der Waals surface area contributed by atoms with E-state index in [1.54, 1.807) is 10.7 Å². The zero-order chi connectivity index (χ0) is 14.8. The Bertz CT molecular complexity index is 668. The predicted molar refractivity (Wildman–Crippen MR) is 79.8 cm³/mol. The monoisotopic (exact) mass is 351 g/mol. The lowest BCUT2D eigenvalue weighted by molar-refractivity contribution is -0.384. The molecule has 8 heteroatoms. The summed E-state index contributed by atoms with van der Waals surface area (Å²) in [5.74, 6) is 0.868. The van der Waals surface area contributed by atoms with Crippen molar-refractivity contribution in [3.8, 4) is 0 Å². The summed E-state index contributed by atoms with van der Waals surface area (Å²) >= 11 is 3.38. The fraction of sp³-hybridized carbons (Fsp3) is 0.385. The molecular weight excluding hydrogens is 338 g/mol. The van der Waals surface area contributed by atoms with Crippen molar-refractivity contribution in [3.63, 3.8) is 0 Å². The smallest absolute Gasteiger partial charge is 0.270 e. The van der Waals surface area contributed by atoms with Gasteiger partial charge in [-0.2, -0.15) is 5.10 Å². The summed E-state index contributed by atoms with van der Waals surface area (Å²) < 4.78 is 2.51. The van der Waals surface area contributed by atoms with E-state index in [1.165, 1.54) is 31.3 Å². The van der Waals surface area contributed by atoms with E-state index in [4.69, 9.17) is 0 Å². The van der Waals surface area contributed by atoms with Crippen molar-refractivity contribution in [2.45, 2.75) is 32.0 Å². The van der Waals surface area contributed by atoms with Gasteiger partial charge in [-0.1, -0.05) is 15.9 Å². The van der Waals surface area contributed by atoms with Crippen LogP contribution in [0.3, 0.4) is 0 Å². The third-order valence-electron chi connectivity index (χ3n) is 3.39. The van der Waals surface area contributed by atoms with Gasteiger partial charge < -0.3 is 5.32 Å². The molecule has 0 bridgehead atoms. The lowest BCUT2D eigenvalue weighted by Crippen LogP contribution is -2.19. The van der Waals surface area contributed by atoms with E-state index in [1.807, 2.05) is 0 Å². The molecule has 1 aromatic carbocycles. The normalized spacial score (nSPS) is 14.3. The highest BCUT2D eigenvalue weighted by atomic mass is 79.9. The standard InChI is InChI=1S/C13H14BrN5O2/c14-12-5-11(19(20)21)4-1-9(12)7-18-13(16-8-17-18)6-15-10-2-3-10/h1,4-5,8,10,15H,2-3,6-7H2. The molecule has 0 unspecified atom stereocenters. The van der Waals surface area contributed by atoms with Crippen molar-refractivity contribution in [2.24, 2.45) is 0 Å². The van der Waals surface area contributed by atoms with E-state index in [0.29, 0.717) is 23.6 Å². The van der Waals surface area contributed by atoms with Gasteiger partial charge in [-0.3, -0.25) is 10.1 Å². The number of rotatable bonds is 6. The number of aromatic nitrogens is 3. The van der Waals surface area contributed by atoms with Crippen molar-refractivity contribution in [1.29, 1.82) is 0 Å². The van der Waals surface area contributed by atoms with Gasteiger partial charge in [0.15, 0.2) is 0 Å². The molecule has 0 amide bonds. The van der Waals surface area contributed by atoms with Crippen LogP contribution in [0.5, 0.6) is 0 Å². The minimum absolute atomic E-state index is 0.0693. The molecule has 7 nitrogen and oxygen atoms in total. The summed E-state index contributed by atoms with van der Waals surface area (Å²) in [6.45, 7) is 1.22. The lowest BCUT2D eigenvalue weighted by atomic mass is 10.2. The zero-order valence-electron chi connectivity index (χ0n) is 11.2. The van der Waals surface area contributed by atoms with Gasteiger partial charge in [0, 0.05) is 22.6 Å². The quantitative estimate of drug-likeness (QED) is 0.637. The molecule has 1 aliphatic rings. The van der Waals surface area contributed by atoms with Gasteiger partial charge >= 0.3 is 0 Å². The second kappa shape index (κ2) is 5.90. The summed E-state index contributed by atoms with van der Waals surface area (Å²) in [4.78, 5) is 14.6. The third-order valence-corrected chi connectivity index (χ3v) is 4.13. The number of benzene rings is 1. The minimum Gasteiger partial charge on any atom is -0.307 e. The van der Waals surface area contributed by atoms with Gasteiger partial charge in [0.05, 0.1) is 18.0 Å². The maximum Gasteiger partial charge on any atom is 0.270 e. The van der Waals surface area contributed by atoms with E-state index in [0.717, 1.165) is 11.4 Å².